The monoisotopic (exact) mass is 254 g/mol. The second-order valence-electron chi connectivity index (χ2n) is 5.22. The van der Waals surface area contributed by atoms with E-state index in [1.807, 2.05) is 0 Å². The summed E-state index contributed by atoms with van der Waals surface area (Å²) in [5.74, 6) is -1.14. The molecule has 2 heterocycles. The Morgan fingerprint density at radius 2 is 2.11 bits per heavy atom. The molecule has 0 radical (unpaired) electrons. The van der Waals surface area contributed by atoms with Crippen LogP contribution in [0.5, 0.6) is 0 Å². The number of nitrogens with zero attached hydrogens (tertiary/aromatic N) is 1. The molecule has 0 aromatic rings. The van der Waals surface area contributed by atoms with Gasteiger partial charge in [-0.25, -0.2) is 0 Å². The van der Waals surface area contributed by atoms with Gasteiger partial charge in [0.1, 0.15) is 18.2 Å². The summed E-state index contributed by atoms with van der Waals surface area (Å²) in [6.45, 7) is 3.74. The van der Waals surface area contributed by atoms with Crippen LogP contribution in [0.2, 0.25) is 0 Å². The van der Waals surface area contributed by atoms with Crippen LogP contribution in [-0.2, 0) is 19.1 Å². The van der Waals surface area contributed by atoms with Crippen molar-refractivity contribution < 1.29 is 19.1 Å². The number of carbonyl (C=O) groups excluding carboxylic acids is 3. The summed E-state index contributed by atoms with van der Waals surface area (Å²) in [6, 6.07) is 0. The summed E-state index contributed by atoms with van der Waals surface area (Å²) in [6.07, 6.45) is 2.02. The van der Waals surface area contributed by atoms with E-state index in [0.29, 0.717) is 13.0 Å². The molecule has 0 aliphatic carbocycles. The molecule has 0 aromatic heterocycles. The minimum absolute atomic E-state index is 0.0859. The van der Waals surface area contributed by atoms with Gasteiger partial charge in [-0.15, -0.1) is 0 Å². The lowest BCUT2D eigenvalue weighted by molar-refractivity contribution is -0.163. The molecule has 100 valence electrons. The maximum Gasteiger partial charge on any atom is 0.253 e. The van der Waals surface area contributed by atoms with Crippen LogP contribution >= 0.6 is 0 Å². The van der Waals surface area contributed by atoms with E-state index < -0.39 is 23.5 Å². The lowest BCUT2D eigenvalue weighted by atomic mass is 9.96. The molecule has 1 N–H and O–H groups in total. The third-order valence-electron chi connectivity index (χ3n) is 3.51. The third kappa shape index (κ3) is 2.25. The van der Waals surface area contributed by atoms with Crippen LogP contribution in [0, 0.1) is 0 Å². The Balaban J connectivity index is 2.16. The van der Waals surface area contributed by atoms with E-state index in [1.54, 1.807) is 13.8 Å². The molecule has 6 nitrogen and oxygen atoms in total. The Kier molecular flexibility index (Phi) is 3.38. The van der Waals surface area contributed by atoms with Crippen LogP contribution in [0.15, 0.2) is 0 Å². The van der Waals surface area contributed by atoms with Gasteiger partial charge in [-0.3, -0.25) is 19.7 Å². The molecule has 2 aliphatic heterocycles. The molecule has 2 saturated heterocycles. The molecule has 0 saturated carbocycles. The van der Waals surface area contributed by atoms with E-state index in [0.717, 1.165) is 12.8 Å². The Bertz CT molecular complexity index is 386. The first-order valence-electron chi connectivity index (χ1n) is 6.20. The first kappa shape index (κ1) is 13.0. The average molecular weight is 254 g/mol. The molecule has 2 rings (SSSR count). The van der Waals surface area contributed by atoms with Gasteiger partial charge in [0.2, 0.25) is 5.91 Å². The molecule has 0 spiro atoms. The Labute approximate surface area is 106 Å². The van der Waals surface area contributed by atoms with Crippen LogP contribution in [0.25, 0.3) is 0 Å². The minimum Gasteiger partial charge on any atom is -0.368 e. The number of carbonyl (C=O) groups is 3. The Hall–Kier alpha value is -1.43. The summed E-state index contributed by atoms with van der Waals surface area (Å²) < 4.78 is 5.42. The molecule has 0 aromatic carbocycles. The van der Waals surface area contributed by atoms with Crippen molar-refractivity contribution in [3.8, 4) is 0 Å². The zero-order chi connectivity index (χ0) is 13.3. The lowest BCUT2D eigenvalue weighted by Crippen LogP contribution is -2.67. The number of nitrogens with one attached hydrogen (secondary N) is 1. The largest absolute Gasteiger partial charge is 0.368 e. The van der Waals surface area contributed by atoms with Gasteiger partial charge in [0.25, 0.3) is 11.8 Å². The van der Waals surface area contributed by atoms with E-state index >= 15 is 0 Å². The molecule has 3 amide bonds. The van der Waals surface area contributed by atoms with Crippen molar-refractivity contribution in [3.63, 3.8) is 0 Å². The quantitative estimate of drug-likeness (QED) is 0.659. The smallest absolute Gasteiger partial charge is 0.253 e. The van der Waals surface area contributed by atoms with Crippen LogP contribution < -0.4 is 5.32 Å². The number of imide groups is 1. The van der Waals surface area contributed by atoms with Gasteiger partial charge in [-0.1, -0.05) is 0 Å². The minimum atomic E-state index is -1.01. The highest BCUT2D eigenvalue weighted by atomic mass is 16.5. The van der Waals surface area contributed by atoms with Gasteiger partial charge < -0.3 is 9.64 Å². The summed E-state index contributed by atoms with van der Waals surface area (Å²) in [5.41, 5.74) is -1.01. The van der Waals surface area contributed by atoms with E-state index in [9.17, 15) is 14.4 Å². The number of rotatable bonds is 1. The van der Waals surface area contributed by atoms with Gasteiger partial charge in [0, 0.05) is 6.61 Å². The molecule has 0 bridgehead atoms. The van der Waals surface area contributed by atoms with Gasteiger partial charge in [-0.05, 0) is 33.1 Å². The maximum absolute atomic E-state index is 12.3. The fourth-order valence-electron chi connectivity index (χ4n) is 2.25. The van der Waals surface area contributed by atoms with Crippen molar-refractivity contribution in [1.82, 2.24) is 10.2 Å². The van der Waals surface area contributed by atoms with Crippen molar-refractivity contribution in [1.29, 1.82) is 0 Å². The normalized spacial score (nSPS) is 27.9. The second kappa shape index (κ2) is 4.68. The summed E-state index contributed by atoms with van der Waals surface area (Å²) in [5, 5.41) is 2.24. The zero-order valence-corrected chi connectivity index (χ0v) is 10.7. The van der Waals surface area contributed by atoms with Gasteiger partial charge in [-0.2, -0.15) is 0 Å². The molecule has 2 fully saturated rings. The molecule has 2 aliphatic rings. The van der Waals surface area contributed by atoms with Crippen LogP contribution in [0.3, 0.4) is 0 Å². The van der Waals surface area contributed by atoms with Crippen LogP contribution in [-0.4, -0.2) is 47.4 Å². The van der Waals surface area contributed by atoms with E-state index in [-0.39, 0.29) is 12.5 Å². The van der Waals surface area contributed by atoms with Crippen molar-refractivity contribution >= 4 is 17.7 Å². The average Bonchev–Trinajstić information content (AvgIpc) is 2.34. The standard InChI is InChI=1S/C12H18N2O4/c1-12(2)11(17)13-9(15)7-14(12)10(16)8-5-3-4-6-18-8/h8H,3-7H2,1-2H3,(H,13,15,17). The molecule has 1 unspecified atom stereocenters. The molecular formula is C12H18N2O4. The highest BCUT2D eigenvalue weighted by Gasteiger charge is 2.45. The predicted molar refractivity (Wildman–Crippen MR) is 62.5 cm³/mol. The molecular weight excluding hydrogens is 236 g/mol. The van der Waals surface area contributed by atoms with Crippen LogP contribution in [0.4, 0.5) is 0 Å². The van der Waals surface area contributed by atoms with Gasteiger partial charge >= 0.3 is 0 Å². The van der Waals surface area contributed by atoms with Crippen molar-refractivity contribution in [2.45, 2.75) is 44.8 Å². The summed E-state index contributed by atoms with van der Waals surface area (Å²) >= 11 is 0. The van der Waals surface area contributed by atoms with Crippen molar-refractivity contribution in [3.05, 3.63) is 0 Å². The Morgan fingerprint density at radius 1 is 1.39 bits per heavy atom. The number of ether oxygens (including phenoxy) is 1. The highest BCUT2D eigenvalue weighted by Crippen LogP contribution is 2.23. The first-order chi connectivity index (χ1) is 8.43. The van der Waals surface area contributed by atoms with E-state index in [1.165, 1.54) is 4.90 Å². The number of amides is 3. The summed E-state index contributed by atoms with van der Waals surface area (Å²) in [7, 11) is 0. The number of piperazine rings is 1. The van der Waals surface area contributed by atoms with E-state index in [4.69, 9.17) is 4.74 Å². The maximum atomic E-state index is 12.3. The fourth-order valence-corrected chi connectivity index (χ4v) is 2.25. The highest BCUT2D eigenvalue weighted by molar-refractivity contribution is 6.06. The zero-order valence-electron chi connectivity index (χ0n) is 10.7. The van der Waals surface area contributed by atoms with Crippen molar-refractivity contribution in [2.24, 2.45) is 0 Å². The Morgan fingerprint density at radius 3 is 2.72 bits per heavy atom. The van der Waals surface area contributed by atoms with Crippen molar-refractivity contribution in [2.75, 3.05) is 13.2 Å². The third-order valence-corrected chi connectivity index (χ3v) is 3.51. The second-order valence-corrected chi connectivity index (χ2v) is 5.22. The first-order valence-corrected chi connectivity index (χ1v) is 6.20. The number of hydrogen-bond acceptors (Lipinski definition) is 4. The number of hydrogen-bond donors (Lipinski definition) is 1. The fraction of sp³-hybridized carbons (Fsp3) is 0.750. The van der Waals surface area contributed by atoms with E-state index in [2.05, 4.69) is 5.32 Å². The SMILES string of the molecule is CC1(C)C(=O)NC(=O)CN1C(=O)C1CCCCO1. The summed E-state index contributed by atoms with van der Waals surface area (Å²) in [4.78, 5) is 36.8. The topological polar surface area (TPSA) is 75.7 Å². The molecule has 1 atom stereocenters. The van der Waals surface area contributed by atoms with Gasteiger partial charge in [0.05, 0.1) is 0 Å². The molecule has 6 heteroatoms. The molecule has 18 heavy (non-hydrogen) atoms. The lowest BCUT2D eigenvalue weighted by Gasteiger charge is -2.42. The van der Waals surface area contributed by atoms with Crippen LogP contribution in [0.1, 0.15) is 33.1 Å². The van der Waals surface area contributed by atoms with Gasteiger partial charge in [0.15, 0.2) is 0 Å². The predicted octanol–water partition coefficient (Wildman–Crippen LogP) is -0.181.